The monoisotopic (exact) mass is 183 g/mol. The molecule has 0 heterocycles. The molecule has 1 nitrogen and oxygen atoms in total. The summed E-state index contributed by atoms with van der Waals surface area (Å²) in [5.41, 5.74) is 0. The van der Waals surface area contributed by atoms with Gasteiger partial charge in [-0.15, -0.1) is 0 Å². The average molecular weight is 183 g/mol. The predicted molar refractivity (Wildman–Crippen MR) is 58.9 cm³/mol. The summed E-state index contributed by atoms with van der Waals surface area (Å²) < 4.78 is 0. The van der Waals surface area contributed by atoms with Crippen LogP contribution < -0.4 is 0 Å². The molecule has 1 saturated carbocycles. The van der Waals surface area contributed by atoms with Gasteiger partial charge in [-0.3, -0.25) is 0 Å². The molecule has 1 fully saturated rings. The highest BCUT2D eigenvalue weighted by Crippen LogP contribution is 2.29. The Labute approximate surface area is 83.5 Å². The molecule has 1 rings (SSSR count). The van der Waals surface area contributed by atoms with Crippen LogP contribution in [0, 0.1) is 11.8 Å². The molecule has 0 aromatic heterocycles. The van der Waals surface area contributed by atoms with E-state index >= 15 is 0 Å². The van der Waals surface area contributed by atoms with E-state index in [2.05, 4.69) is 25.7 Å². The van der Waals surface area contributed by atoms with Crippen LogP contribution in [0.4, 0.5) is 0 Å². The Morgan fingerprint density at radius 2 is 2.00 bits per heavy atom. The molecule has 1 unspecified atom stereocenters. The Balaban J connectivity index is 2.07. The Morgan fingerprint density at radius 1 is 1.31 bits per heavy atom. The van der Waals surface area contributed by atoms with E-state index in [0.717, 1.165) is 11.8 Å². The zero-order chi connectivity index (χ0) is 9.68. The lowest BCUT2D eigenvalue weighted by Crippen LogP contribution is -2.27. The maximum Gasteiger partial charge on any atom is 0.000954 e. The van der Waals surface area contributed by atoms with Crippen molar-refractivity contribution in [1.82, 2.24) is 4.90 Å². The van der Waals surface area contributed by atoms with Crippen molar-refractivity contribution in [3.63, 3.8) is 0 Å². The van der Waals surface area contributed by atoms with Gasteiger partial charge in [0.05, 0.1) is 0 Å². The van der Waals surface area contributed by atoms with Crippen molar-refractivity contribution < 1.29 is 0 Å². The van der Waals surface area contributed by atoms with E-state index in [1.54, 1.807) is 0 Å². The average Bonchev–Trinajstić information content (AvgIpc) is 2.95. The molecule has 0 spiro atoms. The van der Waals surface area contributed by atoms with Crippen molar-refractivity contribution in [1.29, 1.82) is 0 Å². The van der Waals surface area contributed by atoms with Crippen molar-refractivity contribution in [3.8, 4) is 0 Å². The van der Waals surface area contributed by atoms with E-state index < -0.39 is 0 Å². The normalized spacial score (nSPS) is 19.4. The first-order chi connectivity index (χ1) is 6.26. The third kappa shape index (κ3) is 4.66. The van der Waals surface area contributed by atoms with Crippen molar-refractivity contribution in [3.05, 3.63) is 0 Å². The molecule has 1 aliphatic rings. The van der Waals surface area contributed by atoms with Crippen LogP contribution in [0.2, 0.25) is 0 Å². The second kappa shape index (κ2) is 5.64. The largest absolute Gasteiger partial charge is 0.303 e. The minimum Gasteiger partial charge on any atom is -0.303 e. The molecular formula is C12H25N. The van der Waals surface area contributed by atoms with Crippen LogP contribution in [-0.4, -0.2) is 24.5 Å². The summed E-state index contributed by atoms with van der Waals surface area (Å²) in [5, 5.41) is 0. The SMILES string of the molecule is CCC(C)CCN(CC)CC1CC1. The molecule has 0 aromatic carbocycles. The summed E-state index contributed by atoms with van der Waals surface area (Å²) in [5.74, 6) is 1.96. The molecular weight excluding hydrogens is 158 g/mol. The van der Waals surface area contributed by atoms with Gasteiger partial charge in [-0.2, -0.15) is 0 Å². The molecule has 0 bridgehead atoms. The maximum atomic E-state index is 2.63. The van der Waals surface area contributed by atoms with Crippen LogP contribution in [0.5, 0.6) is 0 Å². The molecule has 1 heteroatoms. The minimum atomic E-state index is 0.910. The van der Waals surface area contributed by atoms with Gasteiger partial charge in [0, 0.05) is 6.54 Å². The molecule has 1 atom stereocenters. The standard InChI is InChI=1S/C12H25N/c1-4-11(3)8-9-13(5-2)10-12-6-7-12/h11-12H,4-10H2,1-3H3. The number of rotatable bonds is 7. The van der Waals surface area contributed by atoms with Gasteiger partial charge in [-0.25, -0.2) is 0 Å². The summed E-state index contributed by atoms with van der Waals surface area (Å²) >= 11 is 0. The number of nitrogens with zero attached hydrogens (tertiary/aromatic N) is 1. The highest BCUT2D eigenvalue weighted by Gasteiger charge is 2.23. The summed E-state index contributed by atoms with van der Waals surface area (Å²) in [4.78, 5) is 2.63. The van der Waals surface area contributed by atoms with Crippen LogP contribution in [0.1, 0.15) is 46.5 Å². The van der Waals surface area contributed by atoms with Gasteiger partial charge < -0.3 is 4.90 Å². The van der Waals surface area contributed by atoms with Crippen molar-refractivity contribution in [2.24, 2.45) is 11.8 Å². The van der Waals surface area contributed by atoms with Gasteiger partial charge in [-0.1, -0.05) is 27.2 Å². The van der Waals surface area contributed by atoms with Crippen LogP contribution in [0.3, 0.4) is 0 Å². The van der Waals surface area contributed by atoms with Gasteiger partial charge in [-0.05, 0) is 44.2 Å². The van der Waals surface area contributed by atoms with Crippen LogP contribution in [-0.2, 0) is 0 Å². The Morgan fingerprint density at radius 3 is 2.46 bits per heavy atom. The molecule has 0 aliphatic heterocycles. The Bertz CT molecular complexity index is 129. The highest BCUT2D eigenvalue weighted by atomic mass is 15.1. The van der Waals surface area contributed by atoms with Gasteiger partial charge in [0.25, 0.3) is 0 Å². The van der Waals surface area contributed by atoms with Gasteiger partial charge in [0.2, 0.25) is 0 Å². The Kier molecular flexibility index (Phi) is 4.79. The van der Waals surface area contributed by atoms with Crippen LogP contribution in [0.15, 0.2) is 0 Å². The fourth-order valence-corrected chi connectivity index (χ4v) is 1.65. The zero-order valence-electron chi connectivity index (χ0n) is 9.55. The van der Waals surface area contributed by atoms with Crippen molar-refractivity contribution in [2.75, 3.05) is 19.6 Å². The van der Waals surface area contributed by atoms with E-state index in [4.69, 9.17) is 0 Å². The van der Waals surface area contributed by atoms with E-state index in [9.17, 15) is 0 Å². The summed E-state index contributed by atoms with van der Waals surface area (Å²) in [6, 6.07) is 0. The lowest BCUT2D eigenvalue weighted by molar-refractivity contribution is 0.255. The minimum absolute atomic E-state index is 0.910. The predicted octanol–water partition coefficient (Wildman–Crippen LogP) is 3.15. The molecule has 0 saturated heterocycles. The van der Waals surface area contributed by atoms with E-state index in [1.165, 1.54) is 45.3 Å². The summed E-state index contributed by atoms with van der Waals surface area (Å²) in [6.07, 6.45) is 5.69. The fourth-order valence-electron chi connectivity index (χ4n) is 1.65. The van der Waals surface area contributed by atoms with E-state index in [-0.39, 0.29) is 0 Å². The van der Waals surface area contributed by atoms with Crippen molar-refractivity contribution >= 4 is 0 Å². The molecule has 0 radical (unpaired) electrons. The second-order valence-electron chi connectivity index (χ2n) is 4.64. The lowest BCUT2D eigenvalue weighted by Gasteiger charge is -2.21. The summed E-state index contributed by atoms with van der Waals surface area (Å²) in [7, 11) is 0. The first kappa shape index (κ1) is 11.0. The first-order valence-electron chi connectivity index (χ1n) is 5.98. The third-order valence-corrected chi connectivity index (χ3v) is 3.30. The molecule has 1 aliphatic carbocycles. The van der Waals surface area contributed by atoms with E-state index in [1.807, 2.05) is 0 Å². The van der Waals surface area contributed by atoms with Crippen molar-refractivity contribution in [2.45, 2.75) is 46.5 Å². The number of hydrogen-bond acceptors (Lipinski definition) is 1. The topological polar surface area (TPSA) is 3.24 Å². The second-order valence-corrected chi connectivity index (χ2v) is 4.64. The fraction of sp³-hybridized carbons (Fsp3) is 1.00. The molecule has 78 valence electrons. The molecule has 13 heavy (non-hydrogen) atoms. The third-order valence-electron chi connectivity index (χ3n) is 3.30. The maximum absolute atomic E-state index is 2.63. The number of hydrogen-bond donors (Lipinski definition) is 0. The molecule has 0 N–H and O–H groups in total. The Hall–Kier alpha value is -0.0400. The quantitative estimate of drug-likeness (QED) is 0.586. The van der Waals surface area contributed by atoms with Crippen LogP contribution in [0.25, 0.3) is 0 Å². The van der Waals surface area contributed by atoms with E-state index in [0.29, 0.717) is 0 Å². The van der Waals surface area contributed by atoms with Gasteiger partial charge in [0.1, 0.15) is 0 Å². The highest BCUT2D eigenvalue weighted by molar-refractivity contribution is 4.77. The first-order valence-corrected chi connectivity index (χ1v) is 5.98. The molecule has 0 aromatic rings. The summed E-state index contributed by atoms with van der Waals surface area (Å²) in [6.45, 7) is 10.9. The smallest absolute Gasteiger partial charge is 0.000954 e. The van der Waals surface area contributed by atoms with Gasteiger partial charge >= 0.3 is 0 Å². The van der Waals surface area contributed by atoms with Gasteiger partial charge in [0.15, 0.2) is 0 Å². The molecule has 0 amide bonds. The lowest BCUT2D eigenvalue weighted by atomic mass is 10.1. The van der Waals surface area contributed by atoms with Crippen LogP contribution >= 0.6 is 0 Å². The zero-order valence-corrected chi connectivity index (χ0v) is 9.55.